The van der Waals surface area contributed by atoms with E-state index in [-0.39, 0.29) is 11.8 Å². The summed E-state index contributed by atoms with van der Waals surface area (Å²) in [6, 6.07) is 11.9. The van der Waals surface area contributed by atoms with Crippen LogP contribution >= 0.6 is 11.3 Å². The van der Waals surface area contributed by atoms with E-state index in [9.17, 15) is 4.79 Å². The van der Waals surface area contributed by atoms with Crippen molar-refractivity contribution in [3.63, 3.8) is 0 Å². The third kappa shape index (κ3) is 3.27. The molecule has 0 saturated carbocycles. The van der Waals surface area contributed by atoms with Crippen molar-refractivity contribution in [1.82, 2.24) is 9.88 Å². The van der Waals surface area contributed by atoms with E-state index in [1.165, 1.54) is 0 Å². The Morgan fingerprint density at radius 2 is 2.04 bits per heavy atom. The number of benzene rings is 1. The quantitative estimate of drug-likeness (QED) is 0.697. The first-order chi connectivity index (χ1) is 11.1. The molecule has 0 spiro atoms. The molecule has 0 atom stereocenters. The minimum Gasteiger partial charge on any atom is -0.337 e. The minimum absolute atomic E-state index is 0.0386. The maximum absolute atomic E-state index is 13.0. The van der Waals surface area contributed by atoms with Crippen LogP contribution in [0, 0.1) is 0 Å². The number of amides is 1. The van der Waals surface area contributed by atoms with Crippen molar-refractivity contribution in [2.45, 2.75) is 26.3 Å². The second-order valence-electron chi connectivity index (χ2n) is 6.06. The van der Waals surface area contributed by atoms with Gasteiger partial charge in [0.1, 0.15) is 0 Å². The third-order valence-electron chi connectivity index (χ3n) is 3.90. The summed E-state index contributed by atoms with van der Waals surface area (Å²) in [5.41, 5.74) is 3.73. The zero-order valence-corrected chi connectivity index (χ0v) is 14.4. The van der Waals surface area contributed by atoms with Crippen molar-refractivity contribution in [1.29, 1.82) is 0 Å². The van der Waals surface area contributed by atoms with Crippen molar-refractivity contribution in [3.8, 4) is 0 Å². The molecule has 23 heavy (non-hydrogen) atoms. The third-order valence-corrected chi connectivity index (χ3v) is 4.64. The van der Waals surface area contributed by atoms with Crippen LogP contribution in [-0.2, 0) is 6.54 Å². The molecule has 1 amide bonds. The Morgan fingerprint density at radius 3 is 2.74 bits per heavy atom. The number of hydrogen-bond donors (Lipinski definition) is 0. The zero-order chi connectivity index (χ0) is 16.4. The largest absolute Gasteiger partial charge is 0.337 e. The molecule has 2 heterocycles. The highest BCUT2D eigenvalue weighted by Crippen LogP contribution is 2.24. The number of hydrogen-bond acceptors (Lipinski definition) is 3. The number of para-hydroxylation sites is 1. The Hall–Kier alpha value is -2.20. The van der Waals surface area contributed by atoms with Crippen molar-refractivity contribution in [3.05, 3.63) is 64.0 Å². The lowest BCUT2D eigenvalue weighted by Crippen LogP contribution is -2.26. The monoisotopic (exact) mass is 324 g/mol. The summed E-state index contributed by atoms with van der Waals surface area (Å²) < 4.78 is 0. The van der Waals surface area contributed by atoms with Crippen molar-refractivity contribution in [2.75, 3.05) is 7.05 Å². The summed E-state index contributed by atoms with van der Waals surface area (Å²) in [6.07, 6.45) is 0. The average Bonchev–Trinajstić information content (AvgIpc) is 3.05. The number of fused-ring (bicyclic) bond motifs is 1. The summed E-state index contributed by atoms with van der Waals surface area (Å²) in [5.74, 6) is 0.324. The maximum Gasteiger partial charge on any atom is 0.254 e. The topological polar surface area (TPSA) is 33.2 Å². The Balaban J connectivity index is 2.01. The molecule has 0 bridgehead atoms. The van der Waals surface area contributed by atoms with E-state index in [1.807, 2.05) is 42.8 Å². The van der Waals surface area contributed by atoms with Gasteiger partial charge in [-0.15, -0.1) is 0 Å². The van der Waals surface area contributed by atoms with Gasteiger partial charge in [-0.05, 0) is 40.4 Å². The first-order valence-corrected chi connectivity index (χ1v) is 8.66. The van der Waals surface area contributed by atoms with Crippen LogP contribution in [0.25, 0.3) is 10.9 Å². The molecule has 3 aromatic rings. The van der Waals surface area contributed by atoms with E-state index >= 15 is 0 Å². The molecule has 0 unspecified atom stereocenters. The number of aromatic nitrogens is 1. The van der Waals surface area contributed by atoms with Gasteiger partial charge in [0.25, 0.3) is 5.91 Å². The SMILES string of the molecule is CC(C)c1cc(C(=O)N(C)Cc2ccsc2)c2ccccc2n1. The Kier molecular flexibility index (Phi) is 4.44. The number of pyridine rings is 1. The van der Waals surface area contributed by atoms with Gasteiger partial charge < -0.3 is 4.90 Å². The van der Waals surface area contributed by atoms with Gasteiger partial charge >= 0.3 is 0 Å². The molecule has 4 heteroatoms. The van der Waals surface area contributed by atoms with Crippen molar-refractivity contribution in [2.24, 2.45) is 0 Å². The van der Waals surface area contributed by atoms with Gasteiger partial charge in [0.2, 0.25) is 0 Å². The fourth-order valence-electron chi connectivity index (χ4n) is 2.60. The standard InChI is InChI=1S/C19H20N2OS/c1-13(2)18-10-16(15-6-4-5-7-17(15)20-18)19(22)21(3)11-14-8-9-23-12-14/h4-10,12-13H,11H2,1-3H3. The fourth-order valence-corrected chi connectivity index (χ4v) is 3.26. The highest BCUT2D eigenvalue weighted by atomic mass is 32.1. The first kappa shape index (κ1) is 15.7. The van der Waals surface area contributed by atoms with E-state index in [1.54, 1.807) is 16.2 Å². The number of carbonyl (C=O) groups excluding carboxylic acids is 1. The van der Waals surface area contributed by atoms with E-state index in [4.69, 9.17) is 0 Å². The molecule has 0 saturated heterocycles. The molecule has 1 aromatic carbocycles. The van der Waals surface area contributed by atoms with Gasteiger partial charge in [0.05, 0.1) is 11.1 Å². The number of rotatable bonds is 4. The van der Waals surface area contributed by atoms with Crippen LogP contribution in [-0.4, -0.2) is 22.8 Å². The highest BCUT2D eigenvalue weighted by molar-refractivity contribution is 7.07. The normalized spacial score (nSPS) is 11.1. The van der Waals surface area contributed by atoms with Gasteiger partial charge in [-0.2, -0.15) is 11.3 Å². The number of nitrogens with zero attached hydrogens (tertiary/aromatic N) is 2. The van der Waals surface area contributed by atoms with Crippen LogP contribution in [0.15, 0.2) is 47.2 Å². The minimum atomic E-state index is 0.0386. The van der Waals surface area contributed by atoms with E-state index < -0.39 is 0 Å². The molecule has 0 radical (unpaired) electrons. The second kappa shape index (κ2) is 6.50. The van der Waals surface area contributed by atoms with Gasteiger partial charge in [0, 0.05) is 24.7 Å². The smallest absolute Gasteiger partial charge is 0.254 e. The summed E-state index contributed by atoms with van der Waals surface area (Å²) >= 11 is 1.65. The van der Waals surface area contributed by atoms with Crippen LogP contribution in [0.5, 0.6) is 0 Å². The van der Waals surface area contributed by atoms with Gasteiger partial charge in [0.15, 0.2) is 0 Å². The molecule has 118 valence electrons. The lowest BCUT2D eigenvalue weighted by molar-refractivity contribution is 0.0787. The number of thiophene rings is 1. The predicted molar refractivity (Wildman–Crippen MR) is 95.9 cm³/mol. The summed E-state index contributed by atoms with van der Waals surface area (Å²) in [4.78, 5) is 19.4. The highest BCUT2D eigenvalue weighted by Gasteiger charge is 2.18. The molecule has 0 fully saturated rings. The average molecular weight is 324 g/mol. The van der Waals surface area contributed by atoms with Crippen molar-refractivity contribution < 1.29 is 4.79 Å². The molecule has 2 aromatic heterocycles. The van der Waals surface area contributed by atoms with E-state index in [0.29, 0.717) is 6.54 Å². The van der Waals surface area contributed by atoms with Crippen LogP contribution < -0.4 is 0 Å². The van der Waals surface area contributed by atoms with E-state index in [2.05, 4.69) is 30.3 Å². The summed E-state index contributed by atoms with van der Waals surface area (Å²) in [6.45, 7) is 4.82. The Bertz CT molecular complexity index is 825. The molecule has 3 nitrogen and oxygen atoms in total. The molecule has 0 aliphatic rings. The second-order valence-corrected chi connectivity index (χ2v) is 6.84. The molecule has 0 aliphatic heterocycles. The predicted octanol–water partition coefficient (Wildman–Crippen LogP) is 4.69. The van der Waals surface area contributed by atoms with Crippen LogP contribution in [0.4, 0.5) is 0 Å². The van der Waals surface area contributed by atoms with Crippen LogP contribution in [0.1, 0.15) is 41.4 Å². The molecule has 0 N–H and O–H groups in total. The van der Waals surface area contributed by atoms with Gasteiger partial charge in [-0.1, -0.05) is 32.0 Å². The first-order valence-electron chi connectivity index (χ1n) is 7.72. The van der Waals surface area contributed by atoms with Gasteiger partial charge in [-0.25, -0.2) is 0 Å². The zero-order valence-electron chi connectivity index (χ0n) is 13.6. The van der Waals surface area contributed by atoms with E-state index in [0.717, 1.165) is 27.7 Å². The molecule has 0 aliphatic carbocycles. The fraction of sp³-hybridized carbons (Fsp3) is 0.263. The van der Waals surface area contributed by atoms with Crippen LogP contribution in [0.3, 0.4) is 0 Å². The lowest BCUT2D eigenvalue weighted by atomic mass is 10.0. The Morgan fingerprint density at radius 1 is 1.26 bits per heavy atom. The van der Waals surface area contributed by atoms with Crippen molar-refractivity contribution >= 4 is 28.1 Å². The maximum atomic E-state index is 13.0. The number of carbonyl (C=O) groups is 1. The summed E-state index contributed by atoms with van der Waals surface area (Å²) in [5, 5.41) is 5.03. The molecule has 3 rings (SSSR count). The molecular formula is C19H20N2OS. The lowest BCUT2D eigenvalue weighted by Gasteiger charge is -2.19. The summed E-state index contributed by atoms with van der Waals surface area (Å²) in [7, 11) is 1.85. The van der Waals surface area contributed by atoms with Gasteiger partial charge in [-0.3, -0.25) is 9.78 Å². The van der Waals surface area contributed by atoms with Crippen LogP contribution in [0.2, 0.25) is 0 Å². The molecular weight excluding hydrogens is 304 g/mol. The Labute approximate surface area is 140 Å².